The van der Waals surface area contributed by atoms with Crippen LogP contribution in [0.2, 0.25) is 0 Å². The Bertz CT molecular complexity index is 130. The van der Waals surface area contributed by atoms with Gasteiger partial charge in [-0.1, -0.05) is 13.8 Å². The van der Waals surface area contributed by atoms with Gasteiger partial charge in [0.25, 0.3) is 0 Å². The van der Waals surface area contributed by atoms with E-state index in [0.717, 1.165) is 0 Å². The second-order valence-corrected chi connectivity index (χ2v) is 9.59. The van der Waals surface area contributed by atoms with Gasteiger partial charge in [0.2, 0.25) is 0 Å². The third kappa shape index (κ3) is 5.40. The van der Waals surface area contributed by atoms with E-state index in [-0.39, 0.29) is 21.1 Å². The molecular weight excluding hydrogens is 370 g/mol. The maximum Gasteiger partial charge on any atom is 0 e. The summed E-state index contributed by atoms with van der Waals surface area (Å²) in [6, 6.07) is 0. The van der Waals surface area contributed by atoms with Gasteiger partial charge < -0.3 is 27.7 Å². The van der Waals surface area contributed by atoms with Crippen LogP contribution in [-0.2, 0) is 43.4 Å². The summed E-state index contributed by atoms with van der Waals surface area (Å²) < 4.78 is 0. The zero-order valence-corrected chi connectivity index (χ0v) is 10.6. The molecule has 0 fully saturated rings. The molecule has 0 unspecified atom stereocenters. The van der Waals surface area contributed by atoms with Crippen LogP contribution < -0.4 is 9.79 Å². The van der Waals surface area contributed by atoms with Crippen molar-refractivity contribution >= 4 is 28.0 Å². The van der Waals surface area contributed by atoms with Crippen LogP contribution in [0.4, 0.5) is 0 Å². The molecule has 6 heteroatoms. The molecule has 0 spiro atoms. The van der Waals surface area contributed by atoms with Gasteiger partial charge in [0, 0.05) is 21.1 Å². The van der Waals surface area contributed by atoms with E-state index in [1.807, 2.05) is 13.8 Å². The van der Waals surface area contributed by atoms with Crippen molar-refractivity contribution in [2.24, 2.45) is 0 Å². The normalized spacial score (nSPS) is 11.4. The van der Waals surface area contributed by atoms with Gasteiger partial charge in [-0.05, 0) is 11.5 Å². The Balaban J connectivity index is 0. The zero-order chi connectivity index (χ0) is 7.49. The molecule has 0 N–H and O–H groups in total. The van der Waals surface area contributed by atoms with Crippen LogP contribution in [0.15, 0.2) is 0 Å². The third-order valence-corrected chi connectivity index (χ3v) is 8.29. The Morgan fingerprint density at radius 1 is 1.30 bits per heavy atom. The van der Waals surface area contributed by atoms with Gasteiger partial charge in [-0.25, -0.2) is 10.1 Å². The number of hydrogen-bond donors (Lipinski definition) is 0. The van der Waals surface area contributed by atoms with Crippen LogP contribution in [0.1, 0.15) is 13.8 Å². The topological polar surface area (TPSA) is 46.1 Å². The first-order valence-electron chi connectivity index (χ1n) is 2.72. The van der Waals surface area contributed by atoms with Gasteiger partial charge in [-0.15, -0.1) is 0 Å². The molecule has 10 heavy (non-hydrogen) atoms. The maximum atomic E-state index is 10.6. The van der Waals surface area contributed by atoms with Crippen LogP contribution in [0.25, 0.3) is 0 Å². The van der Waals surface area contributed by atoms with Crippen molar-refractivity contribution < 1.29 is 30.9 Å². The van der Waals surface area contributed by atoms with Gasteiger partial charge in [-0.3, -0.25) is 0 Å². The Kier molecular flexibility index (Phi) is 8.96. The first kappa shape index (κ1) is 14.3. The number of hydrogen-bond acceptors (Lipinski definition) is 3. The molecule has 0 aliphatic rings. The van der Waals surface area contributed by atoms with Gasteiger partial charge in [-0.2, -0.15) is 0 Å². The molecular formula is C4H10O2PPtS2-3. The van der Waals surface area contributed by atoms with E-state index in [2.05, 4.69) is 12.2 Å². The smallest absolute Gasteiger partial charge is 0 e. The molecule has 0 saturated carbocycles. The minimum atomic E-state index is -3.41. The van der Waals surface area contributed by atoms with Gasteiger partial charge >= 0.3 is 0 Å². The standard InChI is InChI=1S/C4H10O2PS2.Pt/c1-3-9(4-2)7(5,6)8;/h3-4H2,1-2H3;/q-3;. The Morgan fingerprint density at radius 3 is 1.60 bits per heavy atom. The Hall–Kier alpha value is 1.74. The first-order valence-corrected chi connectivity index (χ1v) is 7.53. The van der Waals surface area contributed by atoms with Crippen molar-refractivity contribution in [3.8, 4) is 0 Å². The van der Waals surface area contributed by atoms with Gasteiger partial charge in [0.1, 0.15) is 0 Å². The Morgan fingerprint density at radius 2 is 1.60 bits per heavy atom. The molecule has 0 heterocycles. The summed E-state index contributed by atoms with van der Waals surface area (Å²) in [5.74, 6) is 1.33. The fourth-order valence-electron chi connectivity index (χ4n) is 0.520. The summed E-state index contributed by atoms with van der Waals surface area (Å²) in [5.41, 5.74) is -3.41. The van der Waals surface area contributed by atoms with Crippen molar-refractivity contribution in [2.45, 2.75) is 13.8 Å². The van der Waals surface area contributed by atoms with E-state index in [0.29, 0.717) is 11.5 Å². The van der Waals surface area contributed by atoms with Gasteiger partial charge in [0.05, 0.1) is 0 Å². The van der Waals surface area contributed by atoms with E-state index in [1.54, 1.807) is 0 Å². The van der Waals surface area contributed by atoms with Crippen molar-refractivity contribution in [2.75, 3.05) is 11.5 Å². The van der Waals surface area contributed by atoms with E-state index >= 15 is 0 Å². The van der Waals surface area contributed by atoms with Gasteiger partial charge in [0.15, 0.2) is 0 Å². The van der Waals surface area contributed by atoms with Crippen molar-refractivity contribution in [3.05, 3.63) is 0 Å². The third-order valence-electron chi connectivity index (χ3n) is 0.983. The maximum absolute atomic E-state index is 10.6. The molecule has 2 nitrogen and oxygen atoms in total. The Labute approximate surface area is 83.9 Å². The fourth-order valence-corrected chi connectivity index (χ4v) is 5.36. The molecule has 0 amide bonds. The van der Waals surface area contributed by atoms with Crippen LogP contribution in [0.5, 0.6) is 0 Å². The second kappa shape index (κ2) is 6.28. The van der Waals surface area contributed by atoms with E-state index < -0.39 is 15.8 Å². The summed E-state index contributed by atoms with van der Waals surface area (Å²) in [4.78, 5) is 21.3. The van der Waals surface area contributed by atoms with E-state index in [9.17, 15) is 9.79 Å². The van der Waals surface area contributed by atoms with Crippen molar-refractivity contribution in [1.29, 1.82) is 0 Å². The van der Waals surface area contributed by atoms with Crippen LogP contribution in [0.3, 0.4) is 0 Å². The molecule has 0 rings (SSSR count). The monoisotopic (exact) mass is 380 g/mol. The molecule has 68 valence electrons. The summed E-state index contributed by atoms with van der Waals surface area (Å²) in [7, 11) is -0.541. The average molecular weight is 380 g/mol. The largest absolute Gasteiger partial charge is 0.854 e. The summed E-state index contributed by atoms with van der Waals surface area (Å²) in [5, 5.41) is 0. The molecule has 0 saturated heterocycles. The van der Waals surface area contributed by atoms with Crippen LogP contribution in [-0.4, -0.2) is 11.5 Å². The zero-order valence-electron chi connectivity index (χ0n) is 5.81. The van der Waals surface area contributed by atoms with E-state index in [1.165, 1.54) is 0 Å². The molecule has 0 aromatic heterocycles. The fraction of sp³-hybridized carbons (Fsp3) is 1.00. The van der Waals surface area contributed by atoms with Crippen LogP contribution in [0, 0.1) is 0 Å². The minimum Gasteiger partial charge on any atom is -0.854 e. The molecule has 0 aliphatic heterocycles. The minimum absolute atomic E-state index is 0. The van der Waals surface area contributed by atoms with Crippen molar-refractivity contribution in [1.82, 2.24) is 0 Å². The molecule has 0 radical (unpaired) electrons. The van der Waals surface area contributed by atoms with E-state index in [4.69, 9.17) is 0 Å². The first-order chi connectivity index (χ1) is 4.02. The quantitative estimate of drug-likeness (QED) is 0.483. The van der Waals surface area contributed by atoms with Crippen LogP contribution >= 0.6 is 5.69 Å². The van der Waals surface area contributed by atoms with Crippen molar-refractivity contribution in [3.63, 3.8) is 0 Å². The molecule has 0 bridgehead atoms. The summed E-state index contributed by atoms with van der Waals surface area (Å²) in [6.45, 7) is 3.70. The number of rotatable bonds is 2. The summed E-state index contributed by atoms with van der Waals surface area (Å²) in [6.07, 6.45) is 0. The SMILES string of the molecule is CCS(CC)=P([O-])([O-])[S-].[Pt]. The predicted molar refractivity (Wildman–Crippen MR) is 42.7 cm³/mol. The predicted octanol–water partition coefficient (Wildman–Crippen LogP) is -0.413. The average Bonchev–Trinajstić information content (AvgIpc) is 1.65. The molecule has 0 aromatic carbocycles. The molecule has 0 aliphatic carbocycles. The molecule has 0 aromatic rings. The summed E-state index contributed by atoms with van der Waals surface area (Å²) >= 11 is 4.32. The second-order valence-electron chi connectivity index (χ2n) is 1.49. The molecule has 0 atom stereocenters.